The maximum absolute atomic E-state index is 12.7. The van der Waals surface area contributed by atoms with Crippen LogP contribution >= 0.6 is 11.6 Å². The van der Waals surface area contributed by atoms with Crippen molar-refractivity contribution >= 4 is 28.9 Å². The topological polar surface area (TPSA) is 63.1 Å². The smallest absolute Gasteiger partial charge is 0.226 e. The minimum Gasteiger partial charge on any atom is -0.368 e. The van der Waals surface area contributed by atoms with E-state index in [0.717, 1.165) is 12.8 Å². The number of nitrogens with one attached hydrogen (secondary N) is 1. The van der Waals surface area contributed by atoms with Crippen LogP contribution in [0.15, 0.2) is 55.1 Å². The molecule has 2 heterocycles. The van der Waals surface area contributed by atoms with Gasteiger partial charge in [0.1, 0.15) is 18.3 Å². The van der Waals surface area contributed by atoms with Crippen LogP contribution in [-0.2, 0) is 11.2 Å². The Balaban J connectivity index is 1.47. The molecule has 0 saturated heterocycles. The van der Waals surface area contributed by atoms with Crippen molar-refractivity contribution in [2.24, 2.45) is 0 Å². The first-order chi connectivity index (χ1) is 13.6. The number of para-hydroxylation sites is 2. The molecule has 1 unspecified atom stereocenters. The Kier molecular flexibility index (Phi) is 5.30. The van der Waals surface area contributed by atoms with Gasteiger partial charge in [-0.25, -0.2) is 9.67 Å². The highest BCUT2D eigenvalue weighted by Crippen LogP contribution is 2.31. The number of fused-ring (bicyclic) bond motifs is 1. The van der Waals surface area contributed by atoms with Crippen molar-refractivity contribution in [1.82, 2.24) is 14.8 Å². The van der Waals surface area contributed by atoms with Gasteiger partial charge < -0.3 is 10.2 Å². The largest absolute Gasteiger partial charge is 0.368 e. The van der Waals surface area contributed by atoms with Crippen LogP contribution in [0.4, 0.5) is 11.4 Å². The van der Waals surface area contributed by atoms with E-state index in [9.17, 15) is 4.79 Å². The molecule has 0 radical (unpaired) electrons. The fourth-order valence-electron chi connectivity index (χ4n) is 3.71. The van der Waals surface area contributed by atoms with Crippen LogP contribution in [0.5, 0.6) is 0 Å². The van der Waals surface area contributed by atoms with E-state index in [-0.39, 0.29) is 5.91 Å². The van der Waals surface area contributed by atoms with Crippen LogP contribution in [-0.4, -0.2) is 33.3 Å². The summed E-state index contributed by atoms with van der Waals surface area (Å²) in [5.41, 5.74) is 3.83. The number of amides is 1. The molecule has 0 bridgehead atoms. The van der Waals surface area contributed by atoms with Crippen molar-refractivity contribution < 1.29 is 4.79 Å². The molecule has 28 heavy (non-hydrogen) atoms. The molecular weight excluding hydrogens is 374 g/mol. The Morgan fingerprint density at radius 2 is 2.11 bits per heavy atom. The first kappa shape index (κ1) is 18.5. The zero-order chi connectivity index (χ0) is 19.5. The molecular formula is C21H22ClN5O. The van der Waals surface area contributed by atoms with Gasteiger partial charge in [-0.2, -0.15) is 5.10 Å². The second kappa shape index (κ2) is 8.02. The van der Waals surface area contributed by atoms with Gasteiger partial charge in [0.2, 0.25) is 5.91 Å². The average Bonchev–Trinajstić information content (AvgIpc) is 3.21. The lowest BCUT2D eigenvalue weighted by Crippen LogP contribution is -2.39. The molecule has 2 aromatic carbocycles. The lowest BCUT2D eigenvalue weighted by Gasteiger charge is -2.37. The molecule has 1 aromatic heterocycles. The molecule has 1 aliphatic rings. The number of benzene rings is 2. The van der Waals surface area contributed by atoms with Crippen molar-refractivity contribution in [1.29, 1.82) is 0 Å². The third-order valence-electron chi connectivity index (χ3n) is 5.15. The molecule has 144 valence electrons. The van der Waals surface area contributed by atoms with Gasteiger partial charge in [0, 0.05) is 24.7 Å². The number of halogens is 1. The highest BCUT2D eigenvalue weighted by molar-refractivity contribution is 6.33. The van der Waals surface area contributed by atoms with Gasteiger partial charge >= 0.3 is 0 Å². The van der Waals surface area contributed by atoms with Crippen molar-refractivity contribution in [3.05, 3.63) is 65.7 Å². The van der Waals surface area contributed by atoms with Gasteiger partial charge in [0.05, 0.1) is 10.7 Å². The predicted molar refractivity (Wildman–Crippen MR) is 111 cm³/mol. The van der Waals surface area contributed by atoms with E-state index in [0.29, 0.717) is 35.4 Å². The molecule has 1 aliphatic heterocycles. The second-order valence-electron chi connectivity index (χ2n) is 6.98. The Bertz CT molecular complexity index is 973. The number of carbonyl (C=O) groups is 1. The highest BCUT2D eigenvalue weighted by Gasteiger charge is 2.23. The molecule has 0 saturated carbocycles. The average molecular weight is 396 g/mol. The van der Waals surface area contributed by atoms with Gasteiger partial charge in [-0.05, 0) is 43.5 Å². The van der Waals surface area contributed by atoms with Gasteiger partial charge in [-0.15, -0.1) is 0 Å². The van der Waals surface area contributed by atoms with Gasteiger partial charge in [0.25, 0.3) is 0 Å². The third kappa shape index (κ3) is 3.73. The number of nitrogens with zero attached hydrogens (tertiary/aromatic N) is 4. The van der Waals surface area contributed by atoms with Crippen LogP contribution in [0.3, 0.4) is 0 Å². The lowest BCUT2D eigenvalue weighted by atomic mass is 9.96. The van der Waals surface area contributed by atoms with Crippen LogP contribution in [0.25, 0.3) is 5.69 Å². The monoisotopic (exact) mass is 395 g/mol. The molecule has 6 nitrogen and oxygen atoms in total. The fourth-order valence-corrected chi connectivity index (χ4v) is 3.97. The van der Waals surface area contributed by atoms with E-state index in [4.69, 9.17) is 11.6 Å². The summed E-state index contributed by atoms with van der Waals surface area (Å²) in [6.45, 7) is 2.89. The third-order valence-corrected chi connectivity index (χ3v) is 5.46. The number of anilines is 2. The molecule has 3 aromatic rings. The van der Waals surface area contributed by atoms with Crippen molar-refractivity contribution in [3.63, 3.8) is 0 Å². The van der Waals surface area contributed by atoms with E-state index in [1.54, 1.807) is 23.1 Å². The SMILES string of the molecule is CC1CCc2ccccc2N1CCC(=O)Nc1cccc(Cl)c1-n1cncn1. The summed E-state index contributed by atoms with van der Waals surface area (Å²) in [6.07, 6.45) is 5.57. The lowest BCUT2D eigenvalue weighted by molar-refractivity contribution is -0.116. The van der Waals surface area contributed by atoms with E-state index in [1.165, 1.54) is 17.6 Å². The molecule has 1 N–H and O–H groups in total. The zero-order valence-corrected chi connectivity index (χ0v) is 16.4. The van der Waals surface area contributed by atoms with Gasteiger partial charge in [-0.1, -0.05) is 35.9 Å². The maximum atomic E-state index is 12.7. The van der Waals surface area contributed by atoms with Gasteiger partial charge in [-0.3, -0.25) is 4.79 Å². The molecule has 0 spiro atoms. The van der Waals surface area contributed by atoms with Gasteiger partial charge in [0.15, 0.2) is 0 Å². The van der Waals surface area contributed by atoms with Crippen LogP contribution in [0.1, 0.15) is 25.3 Å². The summed E-state index contributed by atoms with van der Waals surface area (Å²) < 4.78 is 1.56. The second-order valence-corrected chi connectivity index (χ2v) is 7.39. The maximum Gasteiger partial charge on any atom is 0.226 e. The van der Waals surface area contributed by atoms with Crippen LogP contribution in [0, 0.1) is 0 Å². The number of aryl methyl sites for hydroxylation is 1. The summed E-state index contributed by atoms with van der Waals surface area (Å²) in [4.78, 5) is 19.0. The fraction of sp³-hybridized carbons (Fsp3) is 0.286. The van der Waals surface area contributed by atoms with Crippen molar-refractivity contribution in [2.45, 2.75) is 32.2 Å². The number of aromatic nitrogens is 3. The Labute approximate surface area is 169 Å². The minimum atomic E-state index is -0.0566. The number of rotatable bonds is 5. The van der Waals surface area contributed by atoms with E-state index < -0.39 is 0 Å². The normalized spacial score (nSPS) is 15.9. The number of hydrogen-bond acceptors (Lipinski definition) is 4. The quantitative estimate of drug-likeness (QED) is 0.706. The Hall–Kier alpha value is -2.86. The molecule has 4 rings (SSSR count). The number of hydrogen-bond donors (Lipinski definition) is 1. The first-order valence-electron chi connectivity index (χ1n) is 9.41. The summed E-state index contributed by atoms with van der Waals surface area (Å²) in [7, 11) is 0. The highest BCUT2D eigenvalue weighted by atomic mass is 35.5. The first-order valence-corrected chi connectivity index (χ1v) is 9.79. The molecule has 0 aliphatic carbocycles. The molecule has 1 atom stereocenters. The van der Waals surface area contributed by atoms with Crippen molar-refractivity contribution in [2.75, 3.05) is 16.8 Å². The van der Waals surface area contributed by atoms with E-state index in [2.05, 4.69) is 51.5 Å². The summed E-state index contributed by atoms with van der Waals surface area (Å²) in [6, 6.07) is 14.2. The molecule has 1 amide bonds. The summed E-state index contributed by atoms with van der Waals surface area (Å²) in [5, 5.41) is 7.61. The van der Waals surface area contributed by atoms with Crippen LogP contribution in [0.2, 0.25) is 5.02 Å². The Morgan fingerprint density at radius 3 is 2.93 bits per heavy atom. The van der Waals surface area contributed by atoms with E-state index >= 15 is 0 Å². The molecule has 7 heteroatoms. The predicted octanol–water partition coefficient (Wildman–Crippen LogP) is 4.09. The van der Waals surface area contributed by atoms with Crippen LogP contribution < -0.4 is 10.2 Å². The Morgan fingerprint density at radius 1 is 1.25 bits per heavy atom. The zero-order valence-electron chi connectivity index (χ0n) is 15.7. The summed E-state index contributed by atoms with van der Waals surface area (Å²) >= 11 is 6.33. The molecule has 0 fully saturated rings. The van der Waals surface area contributed by atoms with E-state index in [1.807, 2.05) is 6.07 Å². The number of carbonyl (C=O) groups excluding carboxylic acids is 1. The summed E-state index contributed by atoms with van der Waals surface area (Å²) in [5.74, 6) is -0.0566. The standard InChI is InChI=1S/C21H22ClN5O/c1-15-9-10-16-5-2-3-8-19(16)26(15)12-11-20(28)25-18-7-4-6-17(22)21(18)27-14-23-13-24-27/h2-8,13-15H,9-12H2,1H3,(H,25,28). The van der Waals surface area contributed by atoms with Crippen molar-refractivity contribution in [3.8, 4) is 5.69 Å². The minimum absolute atomic E-state index is 0.0566.